The summed E-state index contributed by atoms with van der Waals surface area (Å²) in [4.78, 5) is 47.5. The summed E-state index contributed by atoms with van der Waals surface area (Å²) in [6.07, 6.45) is 4.99. The highest BCUT2D eigenvalue weighted by Crippen LogP contribution is 2.52. The molecule has 5 atom stereocenters. The summed E-state index contributed by atoms with van der Waals surface area (Å²) in [7, 11) is 1.19. The van der Waals surface area contributed by atoms with Crippen LogP contribution < -0.4 is 4.74 Å². The lowest BCUT2D eigenvalue weighted by Gasteiger charge is -2.13. The third-order valence-electron chi connectivity index (χ3n) is 5.79. The van der Waals surface area contributed by atoms with E-state index in [1.807, 2.05) is 12.2 Å². The van der Waals surface area contributed by atoms with Gasteiger partial charge < -0.3 is 9.47 Å². The summed E-state index contributed by atoms with van der Waals surface area (Å²) in [5.74, 6) is -2.03. The minimum atomic E-state index is -1.03. The SMILES string of the molecule is COC(=O)[C@H](C)Oc1ccc(C=NN2C(=O)[C@@H]3[C@H](C2=O)[C@H]2C=C[C@H]3C2)cc1[N+](=O)[O-]. The van der Waals surface area contributed by atoms with Crippen molar-refractivity contribution < 1.29 is 28.8 Å². The Kier molecular flexibility index (Phi) is 4.84. The molecule has 1 aliphatic heterocycles. The molecule has 2 bridgehead atoms. The molecule has 0 N–H and O–H groups in total. The highest BCUT2D eigenvalue weighted by atomic mass is 16.6. The van der Waals surface area contributed by atoms with Crippen LogP contribution in [0.25, 0.3) is 0 Å². The fraction of sp³-hybridized carbons (Fsp3) is 0.400. The van der Waals surface area contributed by atoms with Crippen molar-refractivity contribution in [1.82, 2.24) is 5.01 Å². The smallest absolute Gasteiger partial charge is 0.346 e. The van der Waals surface area contributed by atoms with Crippen LogP contribution in [-0.2, 0) is 19.1 Å². The second-order valence-corrected chi connectivity index (χ2v) is 7.50. The van der Waals surface area contributed by atoms with Gasteiger partial charge in [-0.15, -0.1) is 0 Å². The first-order chi connectivity index (χ1) is 14.3. The van der Waals surface area contributed by atoms with Crippen molar-refractivity contribution in [3.63, 3.8) is 0 Å². The number of hydrogen-bond acceptors (Lipinski definition) is 8. The number of allylic oxidation sites excluding steroid dienone is 2. The first kappa shape index (κ1) is 19.7. The molecule has 0 radical (unpaired) electrons. The van der Waals surface area contributed by atoms with E-state index in [2.05, 4.69) is 9.84 Å². The summed E-state index contributed by atoms with van der Waals surface area (Å²) >= 11 is 0. The van der Waals surface area contributed by atoms with Gasteiger partial charge in [0.25, 0.3) is 11.8 Å². The number of carbonyl (C=O) groups is 3. The van der Waals surface area contributed by atoms with Gasteiger partial charge in [-0.1, -0.05) is 12.2 Å². The maximum atomic E-state index is 12.6. The predicted octanol–water partition coefficient (Wildman–Crippen LogP) is 1.68. The van der Waals surface area contributed by atoms with Crippen molar-refractivity contribution in [2.75, 3.05) is 7.11 Å². The van der Waals surface area contributed by atoms with Gasteiger partial charge in [-0.25, -0.2) is 4.79 Å². The minimum absolute atomic E-state index is 0.0750. The van der Waals surface area contributed by atoms with Gasteiger partial charge in [-0.2, -0.15) is 10.1 Å². The zero-order valence-electron chi connectivity index (χ0n) is 16.3. The molecule has 156 valence electrons. The summed E-state index contributed by atoms with van der Waals surface area (Å²) in [5, 5.41) is 16.3. The van der Waals surface area contributed by atoms with E-state index in [4.69, 9.17) is 4.74 Å². The Morgan fingerprint density at radius 3 is 2.47 bits per heavy atom. The van der Waals surface area contributed by atoms with Crippen molar-refractivity contribution in [2.45, 2.75) is 19.4 Å². The van der Waals surface area contributed by atoms with E-state index in [-0.39, 0.29) is 46.9 Å². The Morgan fingerprint density at radius 2 is 1.90 bits per heavy atom. The van der Waals surface area contributed by atoms with E-state index >= 15 is 0 Å². The Hall–Kier alpha value is -3.56. The number of carbonyl (C=O) groups excluding carboxylic acids is 3. The second kappa shape index (κ2) is 7.36. The van der Waals surface area contributed by atoms with Gasteiger partial charge in [0.15, 0.2) is 11.9 Å². The number of nitro groups is 1. The van der Waals surface area contributed by atoms with Crippen molar-refractivity contribution in [3.8, 4) is 5.75 Å². The van der Waals surface area contributed by atoms with Crippen LogP contribution in [0.3, 0.4) is 0 Å². The van der Waals surface area contributed by atoms with Crippen molar-refractivity contribution >= 4 is 29.7 Å². The monoisotopic (exact) mass is 413 g/mol. The third-order valence-corrected chi connectivity index (χ3v) is 5.79. The van der Waals surface area contributed by atoms with Crippen molar-refractivity contribution in [1.29, 1.82) is 0 Å². The topological polar surface area (TPSA) is 128 Å². The molecule has 1 aromatic carbocycles. The molecule has 2 amide bonds. The summed E-state index contributed by atoms with van der Waals surface area (Å²) in [5.41, 5.74) is -0.0774. The number of nitro benzene ring substituents is 1. The maximum absolute atomic E-state index is 12.6. The number of hydrogen-bond donors (Lipinski definition) is 0. The molecule has 10 heteroatoms. The molecular weight excluding hydrogens is 394 g/mol. The molecule has 30 heavy (non-hydrogen) atoms. The number of ether oxygens (including phenoxy) is 2. The van der Waals surface area contributed by atoms with Crippen LogP contribution in [0.15, 0.2) is 35.5 Å². The lowest BCUT2D eigenvalue weighted by Crippen LogP contribution is -2.28. The zero-order chi connectivity index (χ0) is 21.6. The molecule has 4 rings (SSSR count). The molecule has 0 aromatic heterocycles. The summed E-state index contributed by atoms with van der Waals surface area (Å²) in [6, 6.07) is 4.00. The standard InChI is InChI=1S/C20H19N3O7/c1-10(20(26)29-2)30-15-6-3-11(7-14(15)23(27)28)9-21-22-18(24)16-12-4-5-13(8-12)17(16)19(22)25/h3-7,9-10,12-13,16-17H,8H2,1-2H3/t10-,12-,13-,16-,17+/m0/s1. The molecule has 10 nitrogen and oxygen atoms in total. The van der Waals surface area contributed by atoms with Gasteiger partial charge in [0.2, 0.25) is 0 Å². The van der Waals surface area contributed by atoms with Crippen LogP contribution >= 0.6 is 0 Å². The average Bonchev–Trinajstić information content (AvgIpc) is 3.40. The van der Waals surface area contributed by atoms with Gasteiger partial charge in [0.1, 0.15) is 0 Å². The second-order valence-electron chi connectivity index (χ2n) is 7.50. The quantitative estimate of drug-likeness (QED) is 0.173. The van der Waals surface area contributed by atoms with Crippen LogP contribution in [0.4, 0.5) is 5.69 Å². The fourth-order valence-electron chi connectivity index (χ4n) is 4.39. The van der Waals surface area contributed by atoms with Crippen LogP contribution in [0.2, 0.25) is 0 Å². The molecule has 0 unspecified atom stereocenters. The first-order valence-electron chi connectivity index (χ1n) is 9.45. The summed E-state index contributed by atoms with van der Waals surface area (Å²) in [6.45, 7) is 1.41. The van der Waals surface area contributed by atoms with Gasteiger partial charge >= 0.3 is 11.7 Å². The largest absolute Gasteiger partial charge is 0.472 e. The van der Waals surface area contributed by atoms with E-state index in [1.165, 1.54) is 38.4 Å². The molecule has 2 aliphatic carbocycles. The molecular formula is C20H19N3O7. The number of imide groups is 1. The highest BCUT2D eigenvalue weighted by Gasteiger charge is 2.59. The number of esters is 1. The third kappa shape index (κ3) is 3.14. The molecule has 1 heterocycles. The number of hydrazone groups is 1. The Morgan fingerprint density at radius 1 is 1.27 bits per heavy atom. The van der Waals surface area contributed by atoms with Gasteiger partial charge in [0.05, 0.1) is 30.1 Å². The number of fused-ring (bicyclic) bond motifs is 5. The first-order valence-corrected chi connectivity index (χ1v) is 9.45. The number of methoxy groups -OCH3 is 1. The Balaban J connectivity index is 1.54. The van der Waals surface area contributed by atoms with Crippen LogP contribution in [0.1, 0.15) is 18.9 Å². The zero-order valence-corrected chi connectivity index (χ0v) is 16.3. The highest BCUT2D eigenvalue weighted by molar-refractivity contribution is 6.06. The number of amides is 2. The molecule has 1 saturated carbocycles. The van der Waals surface area contributed by atoms with E-state index in [0.29, 0.717) is 5.56 Å². The number of benzene rings is 1. The molecule has 1 saturated heterocycles. The van der Waals surface area contributed by atoms with Crippen LogP contribution in [0.5, 0.6) is 5.75 Å². The lowest BCUT2D eigenvalue weighted by molar-refractivity contribution is -0.386. The van der Waals surface area contributed by atoms with E-state index in [0.717, 1.165) is 11.4 Å². The molecule has 1 aromatic rings. The summed E-state index contributed by atoms with van der Waals surface area (Å²) < 4.78 is 9.87. The van der Waals surface area contributed by atoms with E-state index in [1.54, 1.807) is 0 Å². The minimum Gasteiger partial charge on any atom is -0.472 e. The van der Waals surface area contributed by atoms with Gasteiger partial charge in [-0.3, -0.25) is 19.7 Å². The normalized spacial score (nSPS) is 27.6. The average molecular weight is 413 g/mol. The van der Waals surface area contributed by atoms with Crippen LogP contribution in [0, 0.1) is 33.8 Å². The Bertz CT molecular complexity index is 972. The fourth-order valence-corrected chi connectivity index (χ4v) is 4.39. The van der Waals surface area contributed by atoms with E-state index < -0.39 is 17.0 Å². The van der Waals surface area contributed by atoms with E-state index in [9.17, 15) is 24.5 Å². The number of nitrogens with zero attached hydrogens (tertiary/aromatic N) is 3. The molecule has 0 spiro atoms. The van der Waals surface area contributed by atoms with Gasteiger partial charge in [-0.05, 0) is 37.3 Å². The van der Waals surface area contributed by atoms with Crippen molar-refractivity contribution in [3.05, 3.63) is 46.0 Å². The van der Waals surface area contributed by atoms with Crippen molar-refractivity contribution in [2.24, 2.45) is 28.8 Å². The molecule has 2 fully saturated rings. The molecule has 3 aliphatic rings. The lowest BCUT2D eigenvalue weighted by atomic mass is 9.85. The van der Waals surface area contributed by atoms with Crippen LogP contribution in [-0.4, -0.2) is 47.1 Å². The maximum Gasteiger partial charge on any atom is 0.346 e. The van der Waals surface area contributed by atoms with Gasteiger partial charge in [0, 0.05) is 11.6 Å². The predicted molar refractivity (Wildman–Crippen MR) is 102 cm³/mol. The Labute approximate surface area is 171 Å². The number of rotatable bonds is 6.